The van der Waals surface area contributed by atoms with E-state index in [2.05, 4.69) is 28.3 Å². The molecule has 1 fully saturated rings. The molecule has 0 saturated carbocycles. The van der Waals surface area contributed by atoms with Gasteiger partial charge >= 0.3 is 0 Å². The average molecular weight is 308 g/mol. The van der Waals surface area contributed by atoms with Crippen molar-refractivity contribution in [2.75, 3.05) is 32.7 Å². The molecule has 4 rings (SSSR count). The van der Waals surface area contributed by atoms with Crippen molar-refractivity contribution >= 4 is 23.1 Å². The third-order valence-electron chi connectivity index (χ3n) is 4.62. The van der Waals surface area contributed by atoms with E-state index in [9.17, 15) is 4.79 Å². The average Bonchev–Trinajstić information content (AvgIpc) is 2.55. The highest BCUT2D eigenvalue weighted by Crippen LogP contribution is 2.33. The summed E-state index contributed by atoms with van der Waals surface area (Å²) in [5.41, 5.74) is 3.77. The van der Waals surface area contributed by atoms with Crippen LogP contribution in [-0.4, -0.2) is 60.0 Å². The maximum atomic E-state index is 12.1. The van der Waals surface area contributed by atoms with E-state index in [-0.39, 0.29) is 12.3 Å². The molecule has 0 amide bonds. The number of piperazine rings is 1. The van der Waals surface area contributed by atoms with Gasteiger partial charge in [0, 0.05) is 25.2 Å². The predicted molar refractivity (Wildman–Crippen MR) is 91.8 cm³/mol. The Morgan fingerprint density at radius 1 is 1.35 bits per heavy atom. The predicted octanol–water partition coefficient (Wildman–Crippen LogP) is 2.26. The Labute approximate surface area is 136 Å². The third kappa shape index (κ3) is 2.41. The van der Waals surface area contributed by atoms with Crippen molar-refractivity contribution in [3.05, 3.63) is 41.5 Å². The van der Waals surface area contributed by atoms with Crippen LogP contribution in [0.5, 0.6) is 0 Å². The molecular formula is C18H20N4O. The summed E-state index contributed by atoms with van der Waals surface area (Å²) in [4.78, 5) is 26.1. The van der Waals surface area contributed by atoms with Crippen LogP contribution in [-0.2, 0) is 0 Å². The number of carbonyl (C=O) groups excluding carboxylic acids is 1. The van der Waals surface area contributed by atoms with Crippen molar-refractivity contribution in [1.29, 1.82) is 0 Å². The van der Waals surface area contributed by atoms with Gasteiger partial charge in [0.05, 0.1) is 17.8 Å². The van der Waals surface area contributed by atoms with Gasteiger partial charge in [-0.25, -0.2) is 4.99 Å². The maximum Gasteiger partial charge on any atom is 0.185 e. The van der Waals surface area contributed by atoms with Crippen LogP contribution in [0.4, 0.5) is 5.69 Å². The van der Waals surface area contributed by atoms with Gasteiger partial charge in [0.1, 0.15) is 18.2 Å². The molecule has 3 heterocycles. The van der Waals surface area contributed by atoms with Gasteiger partial charge in [-0.1, -0.05) is 17.7 Å². The summed E-state index contributed by atoms with van der Waals surface area (Å²) in [7, 11) is 0. The molecule has 3 aliphatic heterocycles. The molecule has 118 valence electrons. The molecule has 1 aromatic rings. The topological polar surface area (TPSA) is 48.3 Å². The lowest BCUT2D eigenvalue weighted by Gasteiger charge is -2.41. The Kier molecular flexibility index (Phi) is 3.38. The Morgan fingerprint density at radius 3 is 3.04 bits per heavy atom. The quantitative estimate of drug-likeness (QED) is 0.805. The van der Waals surface area contributed by atoms with Gasteiger partial charge in [0.25, 0.3) is 0 Å². The van der Waals surface area contributed by atoms with Gasteiger partial charge in [0.15, 0.2) is 5.78 Å². The Hall–Kier alpha value is -2.27. The van der Waals surface area contributed by atoms with Crippen LogP contribution in [0.2, 0.25) is 0 Å². The van der Waals surface area contributed by atoms with Crippen LogP contribution in [0.15, 0.2) is 40.3 Å². The standard InChI is InChI=1S/C18H20N4O/c1-12(2)6-7-21-8-9-22-16(11-21)20-14-5-3-4-13-15(23)10-19-18(22)17(13)14/h3-5H,1,6-11H2,2H3. The number of Topliss-reactive ketones (excluding diaryl/α,β-unsaturated/α-hetero) is 1. The number of aliphatic imine (C=N–C) groups is 2. The molecule has 5 nitrogen and oxygen atoms in total. The molecule has 1 saturated heterocycles. The number of benzene rings is 1. The van der Waals surface area contributed by atoms with Crippen molar-refractivity contribution in [2.24, 2.45) is 9.98 Å². The van der Waals surface area contributed by atoms with E-state index in [4.69, 9.17) is 4.99 Å². The van der Waals surface area contributed by atoms with Gasteiger partial charge in [-0.15, -0.1) is 6.58 Å². The lowest BCUT2D eigenvalue weighted by atomic mass is 9.95. The first-order chi connectivity index (χ1) is 11.1. The second-order valence-corrected chi connectivity index (χ2v) is 6.43. The van der Waals surface area contributed by atoms with Crippen LogP contribution < -0.4 is 0 Å². The smallest absolute Gasteiger partial charge is 0.185 e. The van der Waals surface area contributed by atoms with Crippen LogP contribution in [0.1, 0.15) is 29.3 Å². The first-order valence-electron chi connectivity index (χ1n) is 8.06. The number of fused-ring (bicyclic) bond motifs is 2. The zero-order chi connectivity index (χ0) is 16.0. The van der Waals surface area contributed by atoms with Crippen molar-refractivity contribution in [1.82, 2.24) is 9.80 Å². The van der Waals surface area contributed by atoms with E-state index in [1.165, 1.54) is 5.57 Å². The van der Waals surface area contributed by atoms with Crippen molar-refractivity contribution in [3.8, 4) is 0 Å². The van der Waals surface area contributed by atoms with E-state index in [0.717, 1.165) is 61.1 Å². The summed E-state index contributed by atoms with van der Waals surface area (Å²) >= 11 is 0. The first kappa shape index (κ1) is 14.3. The van der Waals surface area contributed by atoms with E-state index in [1.807, 2.05) is 18.2 Å². The minimum atomic E-state index is 0.0874. The van der Waals surface area contributed by atoms with Crippen molar-refractivity contribution in [2.45, 2.75) is 13.3 Å². The fourth-order valence-corrected chi connectivity index (χ4v) is 3.37. The van der Waals surface area contributed by atoms with E-state index >= 15 is 0 Å². The molecule has 1 aromatic carbocycles. The molecule has 0 aromatic heterocycles. The molecule has 0 bridgehead atoms. The van der Waals surface area contributed by atoms with Crippen LogP contribution in [0.25, 0.3) is 0 Å². The molecule has 0 aliphatic carbocycles. The van der Waals surface area contributed by atoms with Gasteiger partial charge in [-0.2, -0.15) is 0 Å². The SMILES string of the molecule is C=C(C)CCN1CCN2C(=Nc3cccc4c3C2=NCC4=O)C1. The van der Waals surface area contributed by atoms with Crippen LogP contribution in [0, 0.1) is 0 Å². The maximum absolute atomic E-state index is 12.1. The monoisotopic (exact) mass is 308 g/mol. The van der Waals surface area contributed by atoms with Gasteiger partial charge in [-0.05, 0) is 19.4 Å². The minimum Gasteiger partial charge on any atom is -0.312 e. The Morgan fingerprint density at radius 2 is 2.22 bits per heavy atom. The van der Waals surface area contributed by atoms with Crippen LogP contribution in [0.3, 0.4) is 0 Å². The number of amidine groups is 2. The minimum absolute atomic E-state index is 0.0874. The van der Waals surface area contributed by atoms with Crippen molar-refractivity contribution < 1.29 is 4.79 Å². The third-order valence-corrected chi connectivity index (χ3v) is 4.62. The molecule has 3 aliphatic rings. The lowest BCUT2D eigenvalue weighted by Crippen LogP contribution is -2.54. The molecular weight excluding hydrogens is 288 g/mol. The molecule has 0 radical (unpaired) electrons. The summed E-state index contributed by atoms with van der Waals surface area (Å²) in [5.74, 6) is 2.06. The molecule has 0 N–H and O–H groups in total. The van der Waals surface area contributed by atoms with E-state index in [1.54, 1.807) is 0 Å². The summed E-state index contributed by atoms with van der Waals surface area (Å²) in [6.07, 6.45) is 1.02. The Bertz CT molecular complexity index is 762. The number of hydrogen-bond donors (Lipinski definition) is 0. The highest BCUT2D eigenvalue weighted by molar-refractivity contribution is 6.23. The number of carbonyl (C=O) groups is 1. The zero-order valence-electron chi connectivity index (χ0n) is 13.4. The normalized spacial score (nSPS) is 19.7. The first-order valence-corrected chi connectivity index (χ1v) is 8.06. The highest BCUT2D eigenvalue weighted by atomic mass is 16.1. The van der Waals surface area contributed by atoms with E-state index in [0.29, 0.717) is 0 Å². The number of rotatable bonds is 3. The molecule has 0 unspecified atom stereocenters. The zero-order valence-corrected chi connectivity index (χ0v) is 13.4. The number of nitrogens with zero attached hydrogens (tertiary/aromatic N) is 4. The fraction of sp³-hybridized carbons (Fsp3) is 0.389. The summed E-state index contributed by atoms with van der Waals surface area (Å²) in [5, 5.41) is 0. The number of ketones is 1. The fourth-order valence-electron chi connectivity index (χ4n) is 3.37. The van der Waals surface area contributed by atoms with Crippen LogP contribution >= 0.6 is 0 Å². The van der Waals surface area contributed by atoms with Crippen molar-refractivity contribution in [3.63, 3.8) is 0 Å². The second kappa shape index (κ2) is 5.42. The summed E-state index contributed by atoms with van der Waals surface area (Å²) in [6.45, 7) is 9.99. The van der Waals surface area contributed by atoms with Gasteiger partial charge in [-0.3, -0.25) is 14.7 Å². The summed E-state index contributed by atoms with van der Waals surface area (Å²) in [6, 6.07) is 5.78. The van der Waals surface area contributed by atoms with Gasteiger partial charge in [0.2, 0.25) is 0 Å². The Balaban J connectivity index is 1.68. The van der Waals surface area contributed by atoms with Gasteiger partial charge < -0.3 is 4.90 Å². The molecule has 0 atom stereocenters. The lowest BCUT2D eigenvalue weighted by molar-refractivity contribution is 0.0999. The summed E-state index contributed by atoms with van der Waals surface area (Å²) < 4.78 is 0. The highest BCUT2D eigenvalue weighted by Gasteiger charge is 2.35. The molecule has 0 spiro atoms. The number of hydrogen-bond acceptors (Lipinski definition) is 5. The largest absolute Gasteiger partial charge is 0.312 e. The van der Waals surface area contributed by atoms with E-state index < -0.39 is 0 Å². The molecule has 5 heteroatoms. The molecule has 23 heavy (non-hydrogen) atoms. The second-order valence-electron chi connectivity index (χ2n) is 6.43.